The van der Waals surface area contributed by atoms with Crippen molar-refractivity contribution in [2.45, 2.75) is 31.3 Å². The maximum atomic E-state index is 12.3. The van der Waals surface area contributed by atoms with E-state index in [1.165, 1.54) is 11.1 Å². The summed E-state index contributed by atoms with van der Waals surface area (Å²) < 4.78 is 0. The Hall–Kier alpha value is -2.11. The largest absolute Gasteiger partial charge is 0.355 e. The molecule has 0 radical (unpaired) electrons. The van der Waals surface area contributed by atoms with Gasteiger partial charge in [-0.25, -0.2) is 4.98 Å². The van der Waals surface area contributed by atoms with E-state index < -0.39 is 0 Å². The first-order valence-electron chi connectivity index (χ1n) is 9.06. The zero-order chi connectivity index (χ0) is 19.1. The molecule has 1 unspecified atom stereocenters. The third kappa shape index (κ3) is 5.94. The van der Waals surface area contributed by atoms with Crippen molar-refractivity contribution in [3.8, 4) is 10.6 Å². The minimum atomic E-state index is -0.0923. The van der Waals surface area contributed by atoms with Crippen molar-refractivity contribution in [2.24, 2.45) is 0 Å². The van der Waals surface area contributed by atoms with Gasteiger partial charge in [0, 0.05) is 23.2 Å². The molecule has 0 spiro atoms. The third-order valence-corrected chi connectivity index (χ3v) is 6.37. The first-order chi connectivity index (χ1) is 13.1. The van der Waals surface area contributed by atoms with Crippen LogP contribution < -0.4 is 5.32 Å². The first-order valence-corrected chi connectivity index (χ1v) is 11.0. The molecule has 0 saturated carbocycles. The zero-order valence-electron chi connectivity index (χ0n) is 15.6. The number of hydrogen-bond acceptors (Lipinski definition) is 4. The van der Waals surface area contributed by atoms with Gasteiger partial charge in [-0.1, -0.05) is 60.2 Å². The predicted molar refractivity (Wildman–Crippen MR) is 116 cm³/mol. The Morgan fingerprint density at radius 2 is 1.89 bits per heavy atom. The minimum Gasteiger partial charge on any atom is -0.355 e. The summed E-state index contributed by atoms with van der Waals surface area (Å²) in [5.41, 5.74) is 4.67. The van der Waals surface area contributed by atoms with Crippen molar-refractivity contribution < 1.29 is 4.79 Å². The van der Waals surface area contributed by atoms with Crippen LogP contribution in [0.5, 0.6) is 0 Å². The van der Waals surface area contributed by atoms with Crippen molar-refractivity contribution in [3.63, 3.8) is 0 Å². The van der Waals surface area contributed by atoms with Gasteiger partial charge in [-0.15, -0.1) is 23.1 Å². The highest BCUT2D eigenvalue weighted by atomic mass is 32.2. The van der Waals surface area contributed by atoms with Gasteiger partial charge >= 0.3 is 0 Å². The molecule has 140 valence electrons. The summed E-state index contributed by atoms with van der Waals surface area (Å²) in [6.07, 6.45) is 0.857. The number of benzene rings is 2. The maximum Gasteiger partial charge on any atom is 0.232 e. The van der Waals surface area contributed by atoms with E-state index in [4.69, 9.17) is 4.98 Å². The molecule has 0 bridgehead atoms. The standard InChI is InChI=1S/C22H24N2OS2/c1-16-8-10-19(11-9-16)22-24-20(15-27-22)14-26-17(2)21(25)23-13-12-18-6-4-3-5-7-18/h3-11,15,17H,12-14H2,1-2H3,(H,23,25). The number of carbonyl (C=O) groups excluding carboxylic acids is 1. The summed E-state index contributed by atoms with van der Waals surface area (Å²) in [5, 5.41) is 6.05. The van der Waals surface area contributed by atoms with Crippen molar-refractivity contribution in [2.75, 3.05) is 6.54 Å². The molecule has 0 aliphatic rings. The van der Waals surface area contributed by atoms with Crippen molar-refractivity contribution in [1.82, 2.24) is 10.3 Å². The van der Waals surface area contributed by atoms with E-state index in [-0.39, 0.29) is 11.2 Å². The Kier molecular flexibility index (Phi) is 7.07. The van der Waals surface area contributed by atoms with E-state index in [1.54, 1.807) is 23.1 Å². The second-order valence-electron chi connectivity index (χ2n) is 6.49. The highest BCUT2D eigenvalue weighted by Crippen LogP contribution is 2.26. The molecule has 3 rings (SSSR count). The van der Waals surface area contributed by atoms with E-state index in [0.717, 1.165) is 28.4 Å². The van der Waals surface area contributed by atoms with Crippen LogP contribution in [0.2, 0.25) is 0 Å². The number of nitrogens with one attached hydrogen (secondary N) is 1. The van der Waals surface area contributed by atoms with Gasteiger partial charge in [-0.05, 0) is 25.8 Å². The lowest BCUT2D eigenvalue weighted by molar-refractivity contribution is -0.120. The first kappa shape index (κ1) is 19.6. The molecule has 0 fully saturated rings. The average Bonchev–Trinajstić information content (AvgIpc) is 3.16. The number of thiazole rings is 1. The average molecular weight is 397 g/mol. The zero-order valence-corrected chi connectivity index (χ0v) is 17.3. The van der Waals surface area contributed by atoms with Crippen molar-refractivity contribution in [3.05, 3.63) is 76.8 Å². The minimum absolute atomic E-state index is 0.0879. The fourth-order valence-corrected chi connectivity index (χ4v) is 4.34. The van der Waals surface area contributed by atoms with Gasteiger partial charge in [0.15, 0.2) is 0 Å². The van der Waals surface area contributed by atoms with Crippen LogP contribution in [-0.2, 0) is 17.0 Å². The molecular weight excluding hydrogens is 372 g/mol. The smallest absolute Gasteiger partial charge is 0.232 e. The van der Waals surface area contributed by atoms with Crippen LogP contribution in [0.15, 0.2) is 60.0 Å². The molecule has 2 aromatic carbocycles. The quantitative estimate of drug-likeness (QED) is 0.576. The summed E-state index contributed by atoms with van der Waals surface area (Å²) in [6, 6.07) is 18.6. The molecule has 0 saturated heterocycles. The molecule has 1 amide bonds. The number of nitrogens with zero attached hydrogens (tertiary/aromatic N) is 1. The van der Waals surface area contributed by atoms with E-state index >= 15 is 0 Å². The van der Waals surface area contributed by atoms with Crippen molar-refractivity contribution >= 4 is 29.0 Å². The van der Waals surface area contributed by atoms with E-state index in [0.29, 0.717) is 6.54 Å². The molecule has 3 nitrogen and oxygen atoms in total. The summed E-state index contributed by atoms with van der Waals surface area (Å²) >= 11 is 3.28. The van der Waals surface area contributed by atoms with Gasteiger partial charge in [0.25, 0.3) is 0 Å². The number of thioether (sulfide) groups is 1. The third-order valence-electron chi connectivity index (χ3n) is 4.26. The summed E-state index contributed by atoms with van der Waals surface area (Å²) in [6.45, 7) is 4.71. The maximum absolute atomic E-state index is 12.3. The highest BCUT2D eigenvalue weighted by molar-refractivity contribution is 7.99. The molecule has 1 atom stereocenters. The van der Waals surface area contributed by atoms with Gasteiger partial charge < -0.3 is 5.32 Å². The predicted octanol–water partition coefficient (Wildman–Crippen LogP) is 5.10. The Labute approximate surface area is 169 Å². The van der Waals surface area contributed by atoms with Crippen LogP contribution in [0.3, 0.4) is 0 Å². The van der Waals surface area contributed by atoms with E-state index in [1.807, 2.05) is 25.1 Å². The number of hydrogen-bond donors (Lipinski definition) is 1. The lowest BCUT2D eigenvalue weighted by atomic mass is 10.1. The molecule has 1 heterocycles. The van der Waals surface area contributed by atoms with Crippen LogP contribution in [0.25, 0.3) is 10.6 Å². The molecule has 3 aromatic rings. The number of aromatic nitrogens is 1. The number of aryl methyl sites for hydroxylation is 1. The van der Waals surface area contributed by atoms with Crippen LogP contribution in [-0.4, -0.2) is 22.7 Å². The van der Waals surface area contributed by atoms with E-state index in [9.17, 15) is 4.79 Å². The van der Waals surface area contributed by atoms with Gasteiger partial charge in [0.2, 0.25) is 5.91 Å². The summed E-state index contributed by atoms with van der Waals surface area (Å²) in [7, 11) is 0. The molecule has 0 aliphatic carbocycles. The second kappa shape index (κ2) is 9.72. The fourth-order valence-electron chi connectivity index (χ4n) is 2.61. The Balaban J connectivity index is 1.44. The molecule has 1 aromatic heterocycles. The van der Waals surface area contributed by atoms with Crippen LogP contribution >= 0.6 is 23.1 Å². The van der Waals surface area contributed by atoms with Gasteiger partial charge in [0.1, 0.15) is 5.01 Å². The lowest BCUT2D eigenvalue weighted by Gasteiger charge is -2.11. The summed E-state index contributed by atoms with van der Waals surface area (Å²) in [4.78, 5) is 17.0. The SMILES string of the molecule is Cc1ccc(-c2nc(CSC(C)C(=O)NCCc3ccccc3)cs2)cc1. The Bertz CT molecular complexity index is 860. The second-order valence-corrected chi connectivity index (χ2v) is 8.68. The van der Waals surface area contributed by atoms with Crippen LogP contribution in [0.1, 0.15) is 23.7 Å². The van der Waals surface area contributed by atoms with Crippen LogP contribution in [0.4, 0.5) is 0 Å². The van der Waals surface area contributed by atoms with Gasteiger partial charge in [-0.2, -0.15) is 0 Å². The van der Waals surface area contributed by atoms with Crippen LogP contribution in [0, 0.1) is 6.92 Å². The van der Waals surface area contributed by atoms with Crippen molar-refractivity contribution in [1.29, 1.82) is 0 Å². The van der Waals surface area contributed by atoms with Gasteiger partial charge in [0.05, 0.1) is 10.9 Å². The topological polar surface area (TPSA) is 42.0 Å². The molecule has 27 heavy (non-hydrogen) atoms. The lowest BCUT2D eigenvalue weighted by Crippen LogP contribution is -2.32. The number of carbonyl (C=O) groups is 1. The Morgan fingerprint density at radius 1 is 1.15 bits per heavy atom. The monoisotopic (exact) mass is 396 g/mol. The highest BCUT2D eigenvalue weighted by Gasteiger charge is 2.14. The molecule has 0 aliphatic heterocycles. The number of rotatable bonds is 8. The van der Waals surface area contributed by atoms with Gasteiger partial charge in [-0.3, -0.25) is 4.79 Å². The van der Waals surface area contributed by atoms with E-state index in [2.05, 4.69) is 54.0 Å². The fraction of sp³-hybridized carbons (Fsp3) is 0.273. The normalized spacial score (nSPS) is 11.9. The summed E-state index contributed by atoms with van der Waals surface area (Å²) in [5.74, 6) is 0.834. The molecule has 5 heteroatoms. The Morgan fingerprint density at radius 3 is 2.63 bits per heavy atom. The molecule has 1 N–H and O–H groups in total. The number of amides is 1. The molecular formula is C22H24N2OS2.